The smallest absolute Gasteiger partial charge is 0.193 e. The largest absolute Gasteiger partial charge is 0.373 e. The zero-order valence-corrected chi connectivity index (χ0v) is 10.6. The van der Waals surface area contributed by atoms with Gasteiger partial charge in [-0.2, -0.15) is 0 Å². The van der Waals surface area contributed by atoms with Crippen LogP contribution in [0.25, 0.3) is 4.96 Å². The molecule has 0 unspecified atom stereocenters. The minimum absolute atomic E-state index is 0.0862. The lowest BCUT2D eigenvalue weighted by atomic mass is 10.0. The van der Waals surface area contributed by atoms with Crippen LogP contribution >= 0.6 is 11.3 Å². The van der Waals surface area contributed by atoms with Gasteiger partial charge in [-0.25, -0.2) is 4.98 Å². The van der Waals surface area contributed by atoms with Gasteiger partial charge in [0, 0.05) is 23.3 Å². The third-order valence-electron chi connectivity index (χ3n) is 3.38. The summed E-state index contributed by atoms with van der Waals surface area (Å²) in [7, 11) is 0. The van der Waals surface area contributed by atoms with Crippen molar-refractivity contribution in [1.29, 1.82) is 0 Å². The quantitative estimate of drug-likeness (QED) is 0.906. The van der Waals surface area contributed by atoms with E-state index >= 15 is 0 Å². The van der Waals surface area contributed by atoms with Gasteiger partial charge in [-0.3, -0.25) is 4.40 Å². The molecule has 4 nitrogen and oxygen atoms in total. The van der Waals surface area contributed by atoms with Crippen LogP contribution in [-0.4, -0.2) is 21.5 Å². The molecule has 1 aliphatic carbocycles. The molecule has 2 N–H and O–H groups in total. The Labute approximate surface area is 104 Å². The van der Waals surface area contributed by atoms with Crippen molar-refractivity contribution in [3.05, 3.63) is 23.5 Å². The Kier molecular flexibility index (Phi) is 2.90. The number of rotatable bonds is 4. The molecule has 0 radical (unpaired) electrons. The van der Waals surface area contributed by atoms with E-state index in [0.717, 1.165) is 23.5 Å². The maximum atomic E-state index is 6.23. The number of fused-ring (bicyclic) bond motifs is 1. The molecule has 0 spiro atoms. The van der Waals surface area contributed by atoms with Crippen molar-refractivity contribution in [1.82, 2.24) is 9.38 Å². The van der Waals surface area contributed by atoms with Crippen LogP contribution in [0.2, 0.25) is 0 Å². The molecule has 0 bridgehead atoms. The van der Waals surface area contributed by atoms with Crippen molar-refractivity contribution in [2.24, 2.45) is 5.73 Å². The molecule has 92 valence electrons. The third kappa shape index (κ3) is 2.36. The van der Waals surface area contributed by atoms with E-state index < -0.39 is 0 Å². The lowest BCUT2D eigenvalue weighted by Gasteiger charge is -2.22. The van der Waals surface area contributed by atoms with Crippen molar-refractivity contribution in [3.63, 3.8) is 0 Å². The number of nitrogens with two attached hydrogens (primary N) is 1. The van der Waals surface area contributed by atoms with Crippen LogP contribution in [0.15, 0.2) is 17.8 Å². The zero-order chi connectivity index (χ0) is 11.7. The molecule has 2 aromatic rings. The maximum absolute atomic E-state index is 6.23. The Bertz CT molecular complexity index is 470. The molecular formula is C12H17N3OS. The first-order valence-electron chi connectivity index (χ1n) is 6.03. The van der Waals surface area contributed by atoms with Crippen LogP contribution in [0, 0.1) is 0 Å². The highest BCUT2D eigenvalue weighted by Crippen LogP contribution is 2.27. The Hall–Kier alpha value is -0.910. The molecule has 0 amide bonds. The van der Waals surface area contributed by atoms with Gasteiger partial charge in [0.15, 0.2) is 4.96 Å². The molecule has 2 aromatic heterocycles. The maximum Gasteiger partial charge on any atom is 0.193 e. The second-order valence-corrected chi connectivity index (χ2v) is 5.76. The summed E-state index contributed by atoms with van der Waals surface area (Å²) in [6.07, 6.45) is 8.68. The van der Waals surface area contributed by atoms with E-state index in [2.05, 4.69) is 4.98 Å². The fourth-order valence-corrected chi connectivity index (χ4v) is 3.15. The number of ether oxygens (including phenoxy) is 1. The molecular weight excluding hydrogens is 234 g/mol. The van der Waals surface area contributed by atoms with Crippen molar-refractivity contribution in [3.8, 4) is 0 Å². The molecule has 0 aromatic carbocycles. The van der Waals surface area contributed by atoms with Crippen molar-refractivity contribution in [2.75, 3.05) is 6.61 Å². The van der Waals surface area contributed by atoms with Crippen LogP contribution in [-0.2, 0) is 11.3 Å². The van der Waals surface area contributed by atoms with E-state index in [1.54, 1.807) is 11.3 Å². The topological polar surface area (TPSA) is 52.5 Å². The fourth-order valence-electron chi connectivity index (χ4n) is 2.43. The molecule has 0 saturated heterocycles. The van der Waals surface area contributed by atoms with Gasteiger partial charge in [-0.05, 0) is 12.8 Å². The lowest BCUT2D eigenvalue weighted by Crippen LogP contribution is -2.41. The minimum Gasteiger partial charge on any atom is -0.373 e. The fraction of sp³-hybridized carbons (Fsp3) is 0.583. The highest BCUT2D eigenvalue weighted by molar-refractivity contribution is 7.15. The summed E-state index contributed by atoms with van der Waals surface area (Å²) in [6, 6.07) is 0. The molecule has 5 heteroatoms. The molecule has 2 heterocycles. The first kappa shape index (κ1) is 11.2. The highest BCUT2D eigenvalue weighted by atomic mass is 32.1. The second-order valence-electron chi connectivity index (χ2n) is 4.89. The molecule has 1 fully saturated rings. The SMILES string of the molecule is NC1(COCc2cn3ccsc3n2)CCCC1. The molecule has 17 heavy (non-hydrogen) atoms. The molecule has 0 aliphatic heterocycles. The first-order chi connectivity index (χ1) is 8.25. The number of aromatic nitrogens is 2. The van der Waals surface area contributed by atoms with Crippen molar-refractivity contribution in [2.45, 2.75) is 37.8 Å². The van der Waals surface area contributed by atoms with E-state index in [1.807, 2.05) is 22.2 Å². The predicted octanol–water partition coefficient (Wildman–Crippen LogP) is 2.18. The predicted molar refractivity (Wildman–Crippen MR) is 68.1 cm³/mol. The summed E-state index contributed by atoms with van der Waals surface area (Å²) in [4.78, 5) is 5.50. The highest BCUT2D eigenvalue weighted by Gasteiger charge is 2.29. The Balaban J connectivity index is 1.55. The summed E-state index contributed by atoms with van der Waals surface area (Å²) >= 11 is 1.64. The van der Waals surface area contributed by atoms with Crippen molar-refractivity contribution >= 4 is 16.3 Å². The molecule has 0 atom stereocenters. The average molecular weight is 251 g/mol. The standard InChI is InChI=1S/C12H17N3OS/c13-12(3-1-2-4-12)9-16-8-10-7-15-5-6-17-11(15)14-10/h5-7H,1-4,8-9,13H2. The van der Waals surface area contributed by atoms with Crippen LogP contribution in [0.1, 0.15) is 31.4 Å². The number of nitrogens with zero attached hydrogens (tertiary/aromatic N) is 2. The number of hydrogen-bond acceptors (Lipinski definition) is 4. The number of imidazole rings is 1. The second kappa shape index (κ2) is 4.40. The number of hydrogen-bond donors (Lipinski definition) is 1. The van der Waals surface area contributed by atoms with E-state index in [9.17, 15) is 0 Å². The average Bonchev–Trinajstić information content (AvgIpc) is 2.93. The first-order valence-corrected chi connectivity index (χ1v) is 6.91. The van der Waals surface area contributed by atoms with E-state index in [4.69, 9.17) is 10.5 Å². The van der Waals surface area contributed by atoms with Crippen LogP contribution in [0.3, 0.4) is 0 Å². The zero-order valence-electron chi connectivity index (χ0n) is 9.76. The minimum atomic E-state index is -0.0862. The van der Waals surface area contributed by atoms with Gasteiger partial charge in [0.2, 0.25) is 0 Å². The van der Waals surface area contributed by atoms with Crippen LogP contribution in [0.5, 0.6) is 0 Å². The Morgan fingerprint density at radius 3 is 3.06 bits per heavy atom. The lowest BCUT2D eigenvalue weighted by molar-refractivity contribution is 0.0734. The van der Waals surface area contributed by atoms with E-state index in [1.165, 1.54) is 12.8 Å². The molecule has 1 aliphatic rings. The monoisotopic (exact) mass is 251 g/mol. The molecule has 3 rings (SSSR count). The summed E-state index contributed by atoms with van der Waals surface area (Å²) in [5, 5.41) is 2.03. The van der Waals surface area contributed by atoms with Gasteiger partial charge >= 0.3 is 0 Å². The van der Waals surface area contributed by atoms with Crippen LogP contribution < -0.4 is 5.73 Å². The summed E-state index contributed by atoms with van der Waals surface area (Å²) in [6.45, 7) is 1.21. The Morgan fingerprint density at radius 2 is 2.29 bits per heavy atom. The van der Waals surface area contributed by atoms with Gasteiger partial charge in [-0.15, -0.1) is 11.3 Å². The third-order valence-corrected chi connectivity index (χ3v) is 4.15. The van der Waals surface area contributed by atoms with E-state index in [0.29, 0.717) is 13.2 Å². The summed E-state index contributed by atoms with van der Waals surface area (Å²) in [5.74, 6) is 0. The summed E-state index contributed by atoms with van der Waals surface area (Å²) < 4.78 is 7.73. The Morgan fingerprint density at radius 1 is 1.47 bits per heavy atom. The van der Waals surface area contributed by atoms with Crippen LogP contribution in [0.4, 0.5) is 0 Å². The number of thiazole rings is 1. The van der Waals surface area contributed by atoms with E-state index in [-0.39, 0.29) is 5.54 Å². The summed E-state index contributed by atoms with van der Waals surface area (Å²) in [5.41, 5.74) is 7.13. The van der Waals surface area contributed by atoms with Gasteiger partial charge in [0.1, 0.15) is 0 Å². The van der Waals surface area contributed by atoms with Gasteiger partial charge in [-0.1, -0.05) is 12.8 Å². The van der Waals surface area contributed by atoms with Gasteiger partial charge in [0.05, 0.1) is 18.9 Å². The molecule has 1 saturated carbocycles. The van der Waals surface area contributed by atoms with Crippen molar-refractivity contribution < 1.29 is 4.74 Å². The normalized spacial score (nSPS) is 19.1. The van der Waals surface area contributed by atoms with Gasteiger partial charge in [0.25, 0.3) is 0 Å². The van der Waals surface area contributed by atoms with Gasteiger partial charge < -0.3 is 10.5 Å².